The second-order valence-corrected chi connectivity index (χ2v) is 10.1. The molecule has 182 valence electrons. The Hall–Kier alpha value is -2.81. The van der Waals surface area contributed by atoms with Gasteiger partial charge in [-0.1, -0.05) is 61.5 Å². The first-order valence-corrected chi connectivity index (χ1v) is 13.1. The molecule has 34 heavy (non-hydrogen) atoms. The summed E-state index contributed by atoms with van der Waals surface area (Å²) in [7, 11) is 0. The molecule has 0 spiro atoms. The molecule has 2 aliphatic rings. The molecule has 1 aromatic heterocycles. The van der Waals surface area contributed by atoms with E-state index >= 15 is 0 Å². The summed E-state index contributed by atoms with van der Waals surface area (Å²) in [6, 6.07) is 8.45. The molecule has 1 saturated heterocycles. The molecule has 1 aromatic carbocycles. The Morgan fingerprint density at radius 3 is 2.56 bits per heavy atom. The van der Waals surface area contributed by atoms with E-state index in [4.69, 9.17) is 0 Å². The number of carbonyl (C=O) groups is 3. The predicted octanol–water partition coefficient (Wildman–Crippen LogP) is 3.86. The standard InChI is InChI=1S/C25H33N5O3S/c1-3-16(2)22(31)26-21(18-12-7-8-13-18)25(33)30-15-9-14-19(30)23(32)27-24-20(28-29-34-24)17-10-5-4-6-11-17/h4-6,10-11,16,18-19,21H,3,7-9,12-15H2,1-2H3,(H,26,31)(H,27,32)/t16-,19+,21+/m1/s1. The maximum Gasteiger partial charge on any atom is 0.247 e. The zero-order valence-corrected chi connectivity index (χ0v) is 20.6. The van der Waals surface area contributed by atoms with Crippen molar-refractivity contribution in [2.24, 2.45) is 11.8 Å². The average Bonchev–Trinajstić information content (AvgIpc) is 3.63. The van der Waals surface area contributed by atoms with E-state index < -0.39 is 12.1 Å². The molecule has 0 radical (unpaired) electrons. The second kappa shape index (κ2) is 11.1. The number of aromatic nitrogens is 2. The molecular weight excluding hydrogens is 450 g/mol. The number of hydrogen-bond donors (Lipinski definition) is 2. The number of nitrogens with one attached hydrogen (secondary N) is 2. The van der Waals surface area contributed by atoms with Gasteiger partial charge in [0, 0.05) is 29.6 Å². The Balaban J connectivity index is 1.49. The number of nitrogens with zero attached hydrogens (tertiary/aromatic N) is 3. The van der Waals surface area contributed by atoms with Gasteiger partial charge in [0.15, 0.2) is 0 Å². The summed E-state index contributed by atoms with van der Waals surface area (Å²) in [5.74, 6) is -0.472. The SMILES string of the molecule is CC[C@@H](C)C(=O)N[C@H](C(=O)N1CCC[C@H]1C(=O)Nc1snnc1-c1ccccc1)C1CCCC1. The fourth-order valence-corrected chi connectivity index (χ4v) is 5.48. The van der Waals surface area contributed by atoms with Crippen LogP contribution in [0.4, 0.5) is 5.00 Å². The Bertz CT molecular complexity index is 1000. The molecule has 3 atom stereocenters. The van der Waals surface area contributed by atoms with E-state index in [2.05, 4.69) is 20.2 Å². The normalized spacial score (nSPS) is 20.2. The number of rotatable bonds is 8. The summed E-state index contributed by atoms with van der Waals surface area (Å²) in [6.45, 7) is 4.37. The van der Waals surface area contributed by atoms with Crippen LogP contribution in [0.25, 0.3) is 11.3 Å². The van der Waals surface area contributed by atoms with Crippen molar-refractivity contribution >= 4 is 34.3 Å². The quantitative estimate of drug-likeness (QED) is 0.593. The highest BCUT2D eigenvalue weighted by Gasteiger charge is 2.41. The van der Waals surface area contributed by atoms with Crippen molar-refractivity contribution in [3.05, 3.63) is 30.3 Å². The van der Waals surface area contributed by atoms with Crippen LogP contribution >= 0.6 is 11.5 Å². The lowest BCUT2D eigenvalue weighted by Crippen LogP contribution is -2.55. The molecule has 8 nitrogen and oxygen atoms in total. The van der Waals surface area contributed by atoms with Gasteiger partial charge in [0.05, 0.1) is 0 Å². The third kappa shape index (κ3) is 5.29. The summed E-state index contributed by atoms with van der Waals surface area (Å²) >= 11 is 1.13. The lowest BCUT2D eigenvalue weighted by atomic mass is 9.95. The van der Waals surface area contributed by atoms with E-state index in [0.717, 1.165) is 55.6 Å². The highest BCUT2D eigenvalue weighted by Crippen LogP contribution is 2.32. The Morgan fingerprint density at radius 2 is 1.85 bits per heavy atom. The number of likely N-dealkylation sites (tertiary alicyclic amines) is 1. The average molecular weight is 484 g/mol. The van der Waals surface area contributed by atoms with Gasteiger partial charge in [-0.15, -0.1) is 5.10 Å². The third-order valence-corrected chi connectivity index (χ3v) is 7.75. The molecule has 2 heterocycles. The van der Waals surface area contributed by atoms with Gasteiger partial charge in [-0.25, -0.2) is 0 Å². The van der Waals surface area contributed by atoms with E-state index in [1.54, 1.807) is 4.90 Å². The van der Waals surface area contributed by atoms with Crippen LogP contribution in [-0.2, 0) is 14.4 Å². The molecule has 9 heteroatoms. The van der Waals surface area contributed by atoms with E-state index in [1.165, 1.54) is 0 Å². The number of carbonyl (C=O) groups excluding carboxylic acids is 3. The van der Waals surface area contributed by atoms with Gasteiger partial charge >= 0.3 is 0 Å². The van der Waals surface area contributed by atoms with Crippen LogP contribution in [0.1, 0.15) is 58.8 Å². The minimum atomic E-state index is -0.567. The van der Waals surface area contributed by atoms with Gasteiger partial charge in [0.1, 0.15) is 22.8 Å². The van der Waals surface area contributed by atoms with Gasteiger partial charge < -0.3 is 15.5 Å². The monoisotopic (exact) mass is 483 g/mol. The number of hydrogen-bond acceptors (Lipinski definition) is 6. The fourth-order valence-electron chi connectivity index (χ4n) is 4.89. The van der Waals surface area contributed by atoms with Crippen molar-refractivity contribution in [3.8, 4) is 11.3 Å². The molecular formula is C25H33N5O3S. The molecule has 0 bridgehead atoms. The highest BCUT2D eigenvalue weighted by atomic mass is 32.1. The summed E-state index contributed by atoms with van der Waals surface area (Å²) in [5, 5.41) is 10.8. The number of amides is 3. The first kappa shape index (κ1) is 24.3. The largest absolute Gasteiger partial charge is 0.344 e. The maximum atomic E-state index is 13.7. The van der Waals surface area contributed by atoms with Gasteiger partial charge in [0.2, 0.25) is 17.7 Å². The Labute approximate surface area is 204 Å². The predicted molar refractivity (Wildman–Crippen MR) is 132 cm³/mol. The lowest BCUT2D eigenvalue weighted by Gasteiger charge is -2.32. The maximum absolute atomic E-state index is 13.7. The second-order valence-electron chi connectivity index (χ2n) is 9.34. The van der Waals surface area contributed by atoms with Gasteiger partial charge in [-0.3, -0.25) is 14.4 Å². The molecule has 3 amide bonds. The summed E-state index contributed by atoms with van der Waals surface area (Å²) in [5.41, 5.74) is 1.50. The first-order chi connectivity index (χ1) is 16.5. The van der Waals surface area contributed by atoms with Crippen molar-refractivity contribution < 1.29 is 14.4 Å². The van der Waals surface area contributed by atoms with E-state index in [0.29, 0.717) is 23.7 Å². The summed E-state index contributed by atoms with van der Waals surface area (Å²) in [4.78, 5) is 41.3. The van der Waals surface area contributed by atoms with Crippen LogP contribution in [0, 0.1) is 11.8 Å². The fraction of sp³-hybridized carbons (Fsp3) is 0.560. The summed E-state index contributed by atoms with van der Waals surface area (Å²) < 4.78 is 4.02. The number of benzene rings is 1. The van der Waals surface area contributed by atoms with Gasteiger partial charge in [0.25, 0.3) is 0 Å². The molecule has 1 aliphatic heterocycles. The van der Waals surface area contributed by atoms with Crippen molar-refractivity contribution in [2.45, 2.75) is 70.9 Å². The minimum Gasteiger partial charge on any atom is -0.344 e. The van der Waals surface area contributed by atoms with Crippen LogP contribution in [0.5, 0.6) is 0 Å². The molecule has 4 rings (SSSR count). The van der Waals surface area contributed by atoms with Crippen LogP contribution in [0.2, 0.25) is 0 Å². The van der Waals surface area contributed by atoms with Gasteiger partial charge in [-0.05, 0) is 38.0 Å². The Kier molecular flexibility index (Phi) is 7.92. The van der Waals surface area contributed by atoms with E-state index in [9.17, 15) is 14.4 Å². The zero-order valence-electron chi connectivity index (χ0n) is 19.8. The lowest BCUT2D eigenvalue weighted by molar-refractivity contribution is -0.142. The smallest absolute Gasteiger partial charge is 0.247 e. The molecule has 1 saturated carbocycles. The highest BCUT2D eigenvalue weighted by molar-refractivity contribution is 7.10. The van der Waals surface area contributed by atoms with Crippen molar-refractivity contribution in [3.63, 3.8) is 0 Å². The van der Waals surface area contributed by atoms with Crippen LogP contribution in [-0.4, -0.2) is 50.8 Å². The molecule has 0 unspecified atom stereocenters. The Morgan fingerprint density at radius 1 is 1.12 bits per heavy atom. The van der Waals surface area contributed by atoms with Crippen molar-refractivity contribution in [1.29, 1.82) is 0 Å². The molecule has 2 N–H and O–H groups in total. The first-order valence-electron chi connectivity index (χ1n) is 12.3. The molecule has 2 aromatic rings. The van der Waals surface area contributed by atoms with Crippen molar-refractivity contribution in [2.75, 3.05) is 11.9 Å². The molecule has 2 fully saturated rings. The molecule has 1 aliphatic carbocycles. The third-order valence-electron chi connectivity index (χ3n) is 7.11. The minimum absolute atomic E-state index is 0.0869. The van der Waals surface area contributed by atoms with Gasteiger partial charge in [-0.2, -0.15) is 0 Å². The van der Waals surface area contributed by atoms with Crippen LogP contribution in [0.3, 0.4) is 0 Å². The van der Waals surface area contributed by atoms with E-state index in [-0.39, 0.29) is 29.6 Å². The number of anilines is 1. The zero-order chi connectivity index (χ0) is 24.1. The topological polar surface area (TPSA) is 104 Å². The van der Waals surface area contributed by atoms with Crippen molar-refractivity contribution in [1.82, 2.24) is 19.8 Å². The van der Waals surface area contributed by atoms with Crippen LogP contribution < -0.4 is 10.6 Å². The van der Waals surface area contributed by atoms with Crippen LogP contribution in [0.15, 0.2) is 30.3 Å². The van der Waals surface area contributed by atoms with E-state index in [1.807, 2.05) is 44.2 Å². The summed E-state index contributed by atoms with van der Waals surface area (Å²) in [6.07, 6.45) is 6.06.